The van der Waals surface area contributed by atoms with E-state index in [4.69, 9.17) is 14.2 Å². The number of methoxy groups -OCH3 is 1. The third-order valence-electron chi connectivity index (χ3n) is 5.77. The first-order valence-electron chi connectivity index (χ1n) is 9.03. The molecule has 0 spiro atoms. The number of aliphatic hydroxyl groups excluding tert-OH is 4. The third-order valence-corrected chi connectivity index (χ3v) is 5.77. The minimum absolute atomic E-state index is 0.0281. The lowest BCUT2D eigenvalue weighted by Crippen LogP contribution is -2.65. The minimum atomic E-state index is -1.71. The normalized spacial score (nSPS) is 34.1. The van der Waals surface area contributed by atoms with Gasteiger partial charge in [0.15, 0.2) is 11.5 Å². The predicted molar refractivity (Wildman–Crippen MR) is 94.5 cm³/mol. The highest BCUT2D eigenvalue weighted by molar-refractivity contribution is 6.01. The lowest BCUT2D eigenvalue weighted by Gasteiger charge is -2.47. The van der Waals surface area contributed by atoms with E-state index in [0.717, 1.165) is 9.80 Å². The fourth-order valence-electron chi connectivity index (χ4n) is 4.20. The molecule has 0 aromatic heterocycles. The molecule has 1 saturated carbocycles. The van der Waals surface area contributed by atoms with Gasteiger partial charge in [-0.15, -0.1) is 0 Å². The van der Waals surface area contributed by atoms with Gasteiger partial charge in [-0.05, 0) is 17.7 Å². The van der Waals surface area contributed by atoms with Gasteiger partial charge >= 0.3 is 6.03 Å². The summed E-state index contributed by atoms with van der Waals surface area (Å²) >= 11 is 0. The second-order valence-electron chi connectivity index (χ2n) is 7.30. The van der Waals surface area contributed by atoms with Gasteiger partial charge in [0.1, 0.15) is 24.9 Å². The van der Waals surface area contributed by atoms with Crippen LogP contribution in [0.5, 0.6) is 17.2 Å². The fraction of sp³-hybridized carbons (Fsp3) is 0.556. The SMILES string of the molecule is COc1cc([C@H]2[C@@H](O)[C@H](O)[C@@H](O)[C@@H](O)[C@@H]2N2CC(=O)N(C)C2=O)cc2c1OCO2. The van der Waals surface area contributed by atoms with Gasteiger partial charge in [0.05, 0.1) is 19.3 Å². The van der Waals surface area contributed by atoms with Crippen LogP contribution < -0.4 is 14.2 Å². The zero-order valence-electron chi connectivity index (χ0n) is 15.8. The molecular formula is C18H22N2O9. The average Bonchev–Trinajstić information content (AvgIpc) is 3.28. The first-order chi connectivity index (χ1) is 13.8. The number of carbonyl (C=O) groups excluding carboxylic acids is 2. The number of likely N-dealkylation sites (N-methyl/N-ethyl adjacent to an activating group) is 1. The number of benzene rings is 1. The molecule has 1 aliphatic carbocycles. The molecular weight excluding hydrogens is 388 g/mol. The summed E-state index contributed by atoms with van der Waals surface area (Å²) in [4.78, 5) is 26.6. The molecule has 1 aromatic carbocycles. The van der Waals surface area contributed by atoms with Crippen molar-refractivity contribution in [3.63, 3.8) is 0 Å². The van der Waals surface area contributed by atoms with Crippen LogP contribution in [0.3, 0.4) is 0 Å². The maximum Gasteiger partial charge on any atom is 0.327 e. The molecule has 1 saturated heterocycles. The molecule has 0 bridgehead atoms. The maximum atomic E-state index is 12.6. The maximum absolute atomic E-state index is 12.6. The largest absolute Gasteiger partial charge is 0.493 e. The Morgan fingerprint density at radius 1 is 1.03 bits per heavy atom. The van der Waals surface area contributed by atoms with E-state index < -0.39 is 48.3 Å². The third kappa shape index (κ3) is 2.89. The Balaban J connectivity index is 1.82. The number of hydrogen-bond donors (Lipinski definition) is 4. The van der Waals surface area contributed by atoms with Crippen LogP contribution in [-0.4, -0.2) is 100 Å². The number of urea groups is 1. The van der Waals surface area contributed by atoms with Crippen molar-refractivity contribution < 1.29 is 44.2 Å². The zero-order valence-corrected chi connectivity index (χ0v) is 15.8. The van der Waals surface area contributed by atoms with Gasteiger partial charge in [-0.2, -0.15) is 0 Å². The fourth-order valence-corrected chi connectivity index (χ4v) is 4.20. The van der Waals surface area contributed by atoms with Gasteiger partial charge in [-0.25, -0.2) is 4.79 Å². The molecule has 3 aliphatic rings. The van der Waals surface area contributed by atoms with Gasteiger partial charge in [0.25, 0.3) is 0 Å². The van der Waals surface area contributed by atoms with E-state index in [9.17, 15) is 30.0 Å². The summed E-state index contributed by atoms with van der Waals surface area (Å²) in [5, 5.41) is 42.0. The van der Waals surface area contributed by atoms with Gasteiger partial charge < -0.3 is 39.5 Å². The summed E-state index contributed by atoms with van der Waals surface area (Å²) in [5.41, 5.74) is 0.378. The summed E-state index contributed by atoms with van der Waals surface area (Å²) in [6, 6.07) is 1.23. The number of amides is 3. The van der Waals surface area contributed by atoms with Crippen molar-refractivity contribution >= 4 is 11.9 Å². The van der Waals surface area contributed by atoms with Crippen LogP contribution >= 0.6 is 0 Å². The molecule has 6 atom stereocenters. The molecule has 2 heterocycles. The highest BCUT2D eigenvalue weighted by atomic mass is 16.7. The van der Waals surface area contributed by atoms with Crippen LogP contribution in [0.15, 0.2) is 12.1 Å². The van der Waals surface area contributed by atoms with Crippen molar-refractivity contribution in [1.29, 1.82) is 0 Å². The van der Waals surface area contributed by atoms with E-state index in [1.54, 1.807) is 6.07 Å². The molecule has 11 nitrogen and oxygen atoms in total. The van der Waals surface area contributed by atoms with Crippen molar-refractivity contribution in [1.82, 2.24) is 9.80 Å². The van der Waals surface area contributed by atoms with Gasteiger partial charge in [0, 0.05) is 13.0 Å². The molecule has 29 heavy (non-hydrogen) atoms. The Bertz CT molecular complexity index is 847. The monoisotopic (exact) mass is 410 g/mol. The lowest BCUT2D eigenvalue weighted by atomic mass is 9.72. The molecule has 3 amide bonds. The highest BCUT2D eigenvalue weighted by Gasteiger charge is 2.55. The molecule has 0 radical (unpaired) electrons. The topological polar surface area (TPSA) is 149 Å². The number of aliphatic hydroxyl groups is 4. The highest BCUT2D eigenvalue weighted by Crippen LogP contribution is 2.46. The van der Waals surface area contributed by atoms with Crippen molar-refractivity contribution in [3.05, 3.63) is 17.7 Å². The molecule has 2 fully saturated rings. The molecule has 158 valence electrons. The second kappa shape index (κ2) is 7.02. The Morgan fingerprint density at radius 2 is 1.72 bits per heavy atom. The van der Waals surface area contributed by atoms with Crippen LogP contribution in [0.4, 0.5) is 4.79 Å². The zero-order chi connectivity index (χ0) is 21.0. The standard InChI is InChI=1S/C18H22N2O9/c1-19-10(21)5-20(18(19)26)12-11(13(22)15(24)16(25)14(12)23)7-3-8(27-2)17-9(4-7)28-6-29-17/h3-4,11-16,22-25H,5-6H2,1-2H3/t11-,12-,13-,14+,15+,16+/m1/s1. The number of imide groups is 1. The van der Waals surface area contributed by atoms with E-state index in [2.05, 4.69) is 0 Å². The predicted octanol–water partition coefficient (Wildman–Crippen LogP) is -1.77. The Labute approximate surface area is 165 Å². The Kier molecular flexibility index (Phi) is 4.77. The smallest absolute Gasteiger partial charge is 0.327 e. The summed E-state index contributed by atoms with van der Waals surface area (Å²) in [5.74, 6) is -0.529. The number of carbonyl (C=O) groups is 2. The second-order valence-corrected chi connectivity index (χ2v) is 7.30. The van der Waals surface area contributed by atoms with E-state index in [1.165, 1.54) is 20.2 Å². The first kappa shape index (κ1) is 19.7. The van der Waals surface area contributed by atoms with Crippen molar-refractivity contribution in [2.24, 2.45) is 0 Å². The average molecular weight is 410 g/mol. The summed E-state index contributed by atoms with van der Waals surface area (Å²) in [7, 11) is 2.72. The van der Waals surface area contributed by atoms with E-state index >= 15 is 0 Å². The number of rotatable bonds is 3. The molecule has 11 heteroatoms. The van der Waals surface area contributed by atoms with Crippen LogP contribution in [0, 0.1) is 0 Å². The number of hydrogen-bond acceptors (Lipinski definition) is 9. The van der Waals surface area contributed by atoms with Gasteiger partial charge in [0.2, 0.25) is 18.4 Å². The van der Waals surface area contributed by atoms with Crippen LogP contribution in [0.1, 0.15) is 11.5 Å². The Hall–Kier alpha value is -2.60. The van der Waals surface area contributed by atoms with Crippen LogP contribution in [0.25, 0.3) is 0 Å². The molecule has 4 rings (SSSR count). The minimum Gasteiger partial charge on any atom is -0.493 e. The molecule has 1 aromatic rings. The molecule has 4 N–H and O–H groups in total. The summed E-state index contributed by atoms with van der Waals surface area (Å²) in [6.45, 7) is -0.357. The van der Waals surface area contributed by atoms with E-state index in [0.29, 0.717) is 22.8 Å². The Morgan fingerprint density at radius 3 is 2.34 bits per heavy atom. The van der Waals surface area contributed by atoms with Crippen LogP contribution in [-0.2, 0) is 4.79 Å². The van der Waals surface area contributed by atoms with Gasteiger partial charge in [-0.1, -0.05) is 0 Å². The number of ether oxygens (including phenoxy) is 3. The van der Waals surface area contributed by atoms with E-state index in [-0.39, 0.29) is 13.3 Å². The van der Waals surface area contributed by atoms with Crippen molar-refractivity contribution in [3.8, 4) is 17.2 Å². The first-order valence-corrected chi connectivity index (χ1v) is 9.03. The van der Waals surface area contributed by atoms with Gasteiger partial charge in [-0.3, -0.25) is 9.69 Å². The van der Waals surface area contributed by atoms with Crippen molar-refractivity contribution in [2.45, 2.75) is 36.4 Å². The molecule has 2 aliphatic heterocycles. The summed E-state index contributed by atoms with van der Waals surface area (Å²) < 4.78 is 16.1. The lowest BCUT2D eigenvalue weighted by molar-refractivity contribution is -0.167. The van der Waals surface area contributed by atoms with Crippen LogP contribution in [0.2, 0.25) is 0 Å². The number of fused-ring (bicyclic) bond motifs is 1. The van der Waals surface area contributed by atoms with Crippen molar-refractivity contribution in [2.75, 3.05) is 27.5 Å². The quantitative estimate of drug-likeness (QED) is 0.425. The van der Waals surface area contributed by atoms with E-state index in [1.807, 2.05) is 0 Å². The number of nitrogens with zero attached hydrogens (tertiary/aromatic N) is 2. The summed E-state index contributed by atoms with van der Waals surface area (Å²) in [6.07, 6.45) is -6.54. The molecule has 0 unspecified atom stereocenters.